The molecular formula is C30H26F3NO5. The molecule has 1 atom stereocenters. The monoisotopic (exact) mass is 537 g/mol. The molecule has 0 fully saturated rings. The highest BCUT2D eigenvalue weighted by Crippen LogP contribution is 2.40. The van der Waals surface area contributed by atoms with E-state index in [4.69, 9.17) is 9.47 Å². The van der Waals surface area contributed by atoms with E-state index < -0.39 is 6.36 Å². The molecule has 1 aromatic heterocycles. The Bertz CT molecular complexity index is 1510. The van der Waals surface area contributed by atoms with Crippen molar-refractivity contribution in [1.29, 1.82) is 0 Å². The molecule has 0 amide bonds. The van der Waals surface area contributed by atoms with E-state index >= 15 is 0 Å². The van der Waals surface area contributed by atoms with Gasteiger partial charge in [0.15, 0.2) is 17.3 Å². The average molecular weight is 538 g/mol. The summed E-state index contributed by atoms with van der Waals surface area (Å²) in [5, 5.41) is 11.2. The van der Waals surface area contributed by atoms with Gasteiger partial charge in [-0.25, -0.2) is 0 Å². The van der Waals surface area contributed by atoms with Crippen molar-refractivity contribution < 1.29 is 37.3 Å². The number of fused-ring (bicyclic) bond motifs is 2. The summed E-state index contributed by atoms with van der Waals surface area (Å²) < 4.78 is 53.1. The van der Waals surface area contributed by atoms with Crippen molar-refractivity contribution in [1.82, 2.24) is 4.98 Å². The molecule has 0 aliphatic carbocycles. The number of ether oxygens (including phenoxy) is 3. The highest BCUT2D eigenvalue weighted by atomic mass is 19.4. The zero-order valence-corrected chi connectivity index (χ0v) is 20.9. The summed E-state index contributed by atoms with van der Waals surface area (Å²) in [5.41, 5.74) is 3.71. The summed E-state index contributed by atoms with van der Waals surface area (Å²) in [6.07, 6.45) is -2.07. The molecule has 0 saturated heterocycles. The van der Waals surface area contributed by atoms with Crippen LogP contribution in [0.4, 0.5) is 13.2 Å². The Morgan fingerprint density at radius 2 is 1.79 bits per heavy atom. The van der Waals surface area contributed by atoms with Crippen molar-refractivity contribution in [2.75, 3.05) is 19.8 Å². The quantitative estimate of drug-likeness (QED) is 0.189. The zero-order valence-electron chi connectivity index (χ0n) is 20.9. The van der Waals surface area contributed by atoms with Crippen LogP contribution in [0.2, 0.25) is 0 Å². The van der Waals surface area contributed by atoms with Crippen LogP contribution in [-0.2, 0) is 6.42 Å². The fraction of sp³-hybridized carbons (Fsp3) is 0.233. The summed E-state index contributed by atoms with van der Waals surface area (Å²) in [6.45, 7) is 4.45. The first-order chi connectivity index (χ1) is 18.7. The molecule has 1 aliphatic rings. The Kier molecular flexibility index (Phi) is 7.34. The number of ketones is 1. The Labute approximate surface area is 222 Å². The van der Waals surface area contributed by atoms with Gasteiger partial charge in [0.1, 0.15) is 19.0 Å². The standard InChI is InChI=1S/C30H26F3NO5/c1-18(12-19(17-35)13-22-16-34-26-5-3-2-4-24(22)26)28(36)25-14-21(15-27-29(25)38-11-10-37-27)20-6-8-23(9-7-20)39-30(31,32)33/h2-9,14-16,19,34-35H,1,10-13,17H2/t19-/m1/s1. The molecule has 0 unspecified atom stereocenters. The molecule has 4 aromatic rings. The predicted molar refractivity (Wildman–Crippen MR) is 140 cm³/mol. The van der Waals surface area contributed by atoms with Crippen LogP contribution in [0.1, 0.15) is 22.3 Å². The van der Waals surface area contributed by atoms with Crippen LogP contribution in [0.15, 0.2) is 79.0 Å². The maximum absolute atomic E-state index is 13.6. The van der Waals surface area contributed by atoms with Gasteiger partial charge >= 0.3 is 6.36 Å². The molecule has 0 radical (unpaired) electrons. The number of Topliss-reactive ketones (excluding diaryl/α,β-unsaturated/α-hetero) is 1. The topological polar surface area (TPSA) is 80.8 Å². The average Bonchev–Trinajstić information content (AvgIpc) is 3.33. The lowest BCUT2D eigenvalue weighted by atomic mass is 9.89. The maximum Gasteiger partial charge on any atom is 0.573 e. The van der Waals surface area contributed by atoms with Crippen LogP contribution in [0.5, 0.6) is 17.2 Å². The first kappa shape index (κ1) is 26.4. The lowest BCUT2D eigenvalue weighted by molar-refractivity contribution is -0.274. The van der Waals surface area contributed by atoms with Gasteiger partial charge in [0.25, 0.3) is 0 Å². The van der Waals surface area contributed by atoms with E-state index in [0.717, 1.165) is 16.5 Å². The number of rotatable bonds is 9. The summed E-state index contributed by atoms with van der Waals surface area (Å²) >= 11 is 0. The smallest absolute Gasteiger partial charge is 0.486 e. The molecule has 1 aliphatic heterocycles. The number of aromatic amines is 1. The minimum absolute atomic E-state index is 0.129. The van der Waals surface area contributed by atoms with Crippen LogP contribution < -0.4 is 14.2 Å². The molecule has 2 N–H and O–H groups in total. The molecule has 9 heteroatoms. The highest BCUT2D eigenvalue weighted by molar-refractivity contribution is 6.11. The number of aliphatic hydroxyl groups is 1. The summed E-state index contributed by atoms with van der Waals surface area (Å²) in [6, 6.07) is 16.5. The Hall–Kier alpha value is -4.24. The molecule has 0 saturated carbocycles. The third-order valence-electron chi connectivity index (χ3n) is 6.61. The normalized spacial score (nSPS) is 13.7. The first-order valence-electron chi connectivity index (χ1n) is 12.4. The summed E-state index contributed by atoms with van der Waals surface area (Å²) in [7, 11) is 0. The fourth-order valence-electron chi connectivity index (χ4n) is 4.78. The number of carbonyl (C=O) groups is 1. The molecule has 202 valence electrons. The molecule has 39 heavy (non-hydrogen) atoms. The minimum atomic E-state index is -4.79. The lowest BCUT2D eigenvalue weighted by Gasteiger charge is -2.23. The van der Waals surface area contributed by atoms with Crippen molar-refractivity contribution in [3.63, 3.8) is 0 Å². The van der Waals surface area contributed by atoms with Gasteiger partial charge in [0.2, 0.25) is 0 Å². The lowest BCUT2D eigenvalue weighted by Crippen LogP contribution is -2.19. The molecule has 0 spiro atoms. The maximum atomic E-state index is 13.6. The van der Waals surface area contributed by atoms with Crippen molar-refractivity contribution in [2.24, 2.45) is 5.92 Å². The van der Waals surface area contributed by atoms with E-state index in [2.05, 4.69) is 16.3 Å². The van der Waals surface area contributed by atoms with E-state index in [1.165, 1.54) is 24.3 Å². The molecule has 6 nitrogen and oxygen atoms in total. The molecule has 5 rings (SSSR count). The van der Waals surface area contributed by atoms with Crippen molar-refractivity contribution in [3.8, 4) is 28.4 Å². The highest BCUT2D eigenvalue weighted by Gasteiger charge is 2.31. The second-order valence-corrected chi connectivity index (χ2v) is 9.37. The van der Waals surface area contributed by atoms with E-state index in [1.807, 2.05) is 30.5 Å². The fourth-order valence-corrected chi connectivity index (χ4v) is 4.78. The van der Waals surface area contributed by atoms with Crippen LogP contribution in [0.25, 0.3) is 22.0 Å². The first-order valence-corrected chi connectivity index (χ1v) is 12.4. The number of aliphatic hydroxyl groups excluding tert-OH is 1. The van der Waals surface area contributed by atoms with Gasteiger partial charge in [-0.1, -0.05) is 36.9 Å². The van der Waals surface area contributed by atoms with E-state index in [0.29, 0.717) is 41.2 Å². The number of para-hydroxylation sites is 1. The number of hydrogen-bond donors (Lipinski definition) is 2. The Balaban J connectivity index is 1.38. The van der Waals surface area contributed by atoms with Crippen molar-refractivity contribution in [3.05, 3.63) is 90.1 Å². The Morgan fingerprint density at radius 1 is 1.05 bits per heavy atom. The largest absolute Gasteiger partial charge is 0.573 e. The van der Waals surface area contributed by atoms with Crippen LogP contribution in [0.3, 0.4) is 0 Å². The number of allylic oxidation sites excluding steroid dienone is 1. The van der Waals surface area contributed by atoms with E-state index in [-0.39, 0.29) is 42.6 Å². The van der Waals surface area contributed by atoms with Gasteiger partial charge < -0.3 is 24.3 Å². The number of halogens is 3. The van der Waals surface area contributed by atoms with Gasteiger partial charge in [-0.05, 0) is 71.4 Å². The van der Waals surface area contributed by atoms with E-state index in [1.54, 1.807) is 12.1 Å². The number of hydrogen-bond acceptors (Lipinski definition) is 5. The number of alkyl halides is 3. The number of H-pyrrole nitrogens is 1. The zero-order chi connectivity index (χ0) is 27.6. The molecule has 2 heterocycles. The number of aromatic nitrogens is 1. The second-order valence-electron chi connectivity index (χ2n) is 9.37. The number of benzene rings is 3. The van der Waals surface area contributed by atoms with Gasteiger partial charge in [-0.15, -0.1) is 13.2 Å². The molecule has 0 bridgehead atoms. The third-order valence-corrected chi connectivity index (χ3v) is 6.61. The third kappa shape index (κ3) is 5.93. The Morgan fingerprint density at radius 3 is 2.54 bits per heavy atom. The van der Waals surface area contributed by atoms with Crippen molar-refractivity contribution >= 4 is 16.7 Å². The van der Waals surface area contributed by atoms with Crippen LogP contribution in [0, 0.1) is 5.92 Å². The van der Waals surface area contributed by atoms with Gasteiger partial charge in [-0.3, -0.25) is 4.79 Å². The molecular weight excluding hydrogens is 511 g/mol. The summed E-state index contributed by atoms with van der Waals surface area (Å²) in [5.74, 6) is -0.280. The number of nitrogens with one attached hydrogen (secondary N) is 1. The summed E-state index contributed by atoms with van der Waals surface area (Å²) in [4.78, 5) is 16.8. The number of carbonyl (C=O) groups excluding carboxylic acids is 1. The predicted octanol–water partition coefficient (Wildman–Crippen LogP) is 6.48. The second kappa shape index (κ2) is 10.9. The van der Waals surface area contributed by atoms with Crippen LogP contribution >= 0.6 is 0 Å². The van der Waals surface area contributed by atoms with Crippen molar-refractivity contribution in [2.45, 2.75) is 19.2 Å². The van der Waals surface area contributed by atoms with Crippen LogP contribution in [-0.4, -0.2) is 42.1 Å². The van der Waals surface area contributed by atoms with Gasteiger partial charge in [-0.2, -0.15) is 0 Å². The molecule has 3 aromatic carbocycles. The minimum Gasteiger partial charge on any atom is -0.486 e. The van der Waals surface area contributed by atoms with E-state index in [9.17, 15) is 23.1 Å². The van der Waals surface area contributed by atoms with Gasteiger partial charge in [0.05, 0.1) is 5.56 Å². The van der Waals surface area contributed by atoms with Gasteiger partial charge in [0, 0.05) is 23.7 Å². The SMILES string of the molecule is C=C(C[C@@H](CO)Cc1c[nH]c2ccccc12)C(=O)c1cc(-c2ccc(OC(F)(F)F)cc2)cc2c1OCCO2.